The lowest BCUT2D eigenvalue weighted by atomic mass is 10.1. The van der Waals surface area contributed by atoms with Gasteiger partial charge in [-0.2, -0.15) is 0 Å². The molecule has 0 bridgehead atoms. The summed E-state index contributed by atoms with van der Waals surface area (Å²) in [7, 11) is 0. The molecule has 1 N–H and O–H groups in total. The Kier molecular flexibility index (Phi) is 5.62. The van der Waals surface area contributed by atoms with Crippen LogP contribution in [0.1, 0.15) is 18.4 Å². The van der Waals surface area contributed by atoms with Crippen molar-refractivity contribution in [1.29, 1.82) is 0 Å². The van der Waals surface area contributed by atoms with Crippen molar-refractivity contribution >= 4 is 34.5 Å². The third-order valence-electron chi connectivity index (χ3n) is 5.34. The Morgan fingerprint density at radius 1 is 1.17 bits per heavy atom. The van der Waals surface area contributed by atoms with Crippen molar-refractivity contribution in [2.45, 2.75) is 13.8 Å². The molecule has 0 atom stereocenters. The molecule has 0 saturated carbocycles. The van der Waals surface area contributed by atoms with Gasteiger partial charge < -0.3 is 19.5 Å². The average molecular weight is 390 g/mol. The number of hydrogen-bond acceptors (Lipinski definition) is 5. The predicted octanol–water partition coefficient (Wildman–Crippen LogP) is 3.93. The summed E-state index contributed by atoms with van der Waals surface area (Å²) in [6.07, 6.45) is 3.04. The second-order valence-electron chi connectivity index (χ2n) is 7.26. The van der Waals surface area contributed by atoms with Gasteiger partial charge in [-0.25, -0.2) is 4.98 Å². The first kappa shape index (κ1) is 19.2. The van der Waals surface area contributed by atoms with Crippen LogP contribution in [0.25, 0.3) is 17.2 Å². The molecule has 6 heteroatoms. The molecule has 1 aliphatic heterocycles. The van der Waals surface area contributed by atoms with Crippen LogP contribution >= 0.6 is 0 Å². The minimum atomic E-state index is -0.209. The van der Waals surface area contributed by atoms with Gasteiger partial charge in [0.05, 0.1) is 0 Å². The molecule has 1 fully saturated rings. The highest BCUT2D eigenvalue weighted by atomic mass is 16.3. The summed E-state index contributed by atoms with van der Waals surface area (Å²) in [6.45, 7) is 9.58. The van der Waals surface area contributed by atoms with Crippen LogP contribution in [0, 0.1) is 6.92 Å². The predicted molar refractivity (Wildman–Crippen MR) is 117 cm³/mol. The molecule has 0 radical (unpaired) electrons. The number of carbonyl (C=O) groups excluding carboxylic acids is 1. The minimum Gasteiger partial charge on any atom is -0.437 e. The van der Waals surface area contributed by atoms with Crippen LogP contribution in [-0.2, 0) is 4.79 Å². The van der Waals surface area contributed by atoms with E-state index in [1.807, 2.05) is 37.3 Å². The van der Waals surface area contributed by atoms with Gasteiger partial charge in [-0.1, -0.05) is 19.1 Å². The second kappa shape index (κ2) is 8.49. The summed E-state index contributed by atoms with van der Waals surface area (Å²) in [4.78, 5) is 21.5. The molecule has 3 aromatic rings. The first-order chi connectivity index (χ1) is 14.1. The Hall–Kier alpha value is -3.12. The van der Waals surface area contributed by atoms with Crippen LogP contribution in [0.4, 0.5) is 11.4 Å². The molecule has 6 nitrogen and oxygen atoms in total. The molecule has 0 spiro atoms. The standard InChI is InChI=1S/C23H26N4O2/c1-3-26-12-14-27(15-13-26)18-8-9-19(17(2)16-18)24-22(28)10-11-23-25-20-6-4-5-7-21(20)29-23/h4-11,16H,3,12-15H2,1-2H3,(H,24,28)/b11-10+. The molecule has 4 rings (SSSR count). The van der Waals surface area contributed by atoms with Crippen molar-refractivity contribution in [3.63, 3.8) is 0 Å². The first-order valence-electron chi connectivity index (χ1n) is 10.0. The third-order valence-corrected chi connectivity index (χ3v) is 5.34. The number of benzene rings is 2. The van der Waals surface area contributed by atoms with Gasteiger partial charge in [0.1, 0.15) is 5.52 Å². The van der Waals surface area contributed by atoms with E-state index < -0.39 is 0 Å². The molecule has 2 aromatic carbocycles. The lowest BCUT2D eigenvalue weighted by Gasteiger charge is -2.35. The fraction of sp³-hybridized carbons (Fsp3) is 0.304. The van der Waals surface area contributed by atoms with Gasteiger partial charge in [0.25, 0.3) is 0 Å². The van der Waals surface area contributed by atoms with E-state index in [4.69, 9.17) is 4.42 Å². The number of fused-ring (bicyclic) bond motifs is 1. The van der Waals surface area contributed by atoms with Crippen molar-refractivity contribution in [2.24, 2.45) is 0 Å². The number of anilines is 2. The fourth-order valence-corrected chi connectivity index (χ4v) is 3.59. The maximum Gasteiger partial charge on any atom is 0.248 e. The number of piperazine rings is 1. The van der Waals surface area contributed by atoms with Gasteiger partial charge in [-0.05, 0) is 49.4 Å². The van der Waals surface area contributed by atoms with Crippen molar-refractivity contribution in [3.05, 3.63) is 60.0 Å². The summed E-state index contributed by atoms with van der Waals surface area (Å²) in [5.74, 6) is 0.208. The van der Waals surface area contributed by atoms with E-state index in [1.165, 1.54) is 11.8 Å². The SMILES string of the molecule is CCN1CCN(c2ccc(NC(=O)/C=C/c3nc4ccccc4o3)c(C)c2)CC1. The number of amides is 1. The third kappa shape index (κ3) is 4.49. The van der Waals surface area contributed by atoms with E-state index >= 15 is 0 Å². The normalized spacial score (nSPS) is 15.3. The molecule has 0 aliphatic carbocycles. The van der Waals surface area contributed by atoms with E-state index in [0.29, 0.717) is 11.5 Å². The maximum absolute atomic E-state index is 12.3. The molecular weight excluding hydrogens is 364 g/mol. The van der Waals surface area contributed by atoms with E-state index in [2.05, 4.69) is 39.2 Å². The zero-order chi connectivity index (χ0) is 20.2. The Morgan fingerprint density at radius 2 is 1.97 bits per heavy atom. The summed E-state index contributed by atoms with van der Waals surface area (Å²) in [5.41, 5.74) is 4.55. The lowest BCUT2D eigenvalue weighted by molar-refractivity contribution is -0.111. The zero-order valence-electron chi connectivity index (χ0n) is 16.9. The van der Waals surface area contributed by atoms with E-state index in [0.717, 1.165) is 49.5 Å². The maximum atomic E-state index is 12.3. The number of nitrogens with one attached hydrogen (secondary N) is 1. The summed E-state index contributed by atoms with van der Waals surface area (Å²) in [6, 6.07) is 13.7. The van der Waals surface area contributed by atoms with Crippen molar-refractivity contribution in [3.8, 4) is 0 Å². The number of likely N-dealkylation sites (N-methyl/N-ethyl adjacent to an activating group) is 1. The molecule has 1 amide bonds. The number of carbonyl (C=O) groups is 1. The highest BCUT2D eigenvalue weighted by Crippen LogP contribution is 2.24. The first-order valence-corrected chi connectivity index (χ1v) is 10.0. The number of aryl methyl sites for hydroxylation is 1. The highest BCUT2D eigenvalue weighted by molar-refractivity contribution is 6.02. The number of aromatic nitrogens is 1. The number of oxazole rings is 1. The Morgan fingerprint density at radius 3 is 2.69 bits per heavy atom. The van der Waals surface area contributed by atoms with Crippen molar-refractivity contribution in [1.82, 2.24) is 9.88 Å². The lowest BCUT2D eigenvalue weighted by Crippen LogP contribution is -2.46. The van der Waals surface area contributed by atoms with Gasteiger partial charge in [0.2, 0.25) is 11.8 Å². The van der Waals surface area contributed by atoms with Crippen molar-refractivity contribution < 1.29 is 9.21 Å². The van der Waals surface area contributed by atoms with Crippen LogP contribution in [0.5, 0.6) is 0 Å². The molecule has 2 heterocycles. The van der Waals surface area contributed by atoms with E-state index in [-0.39, 0.29) is 5.91 Å². The minimum absolute atomic E-state index is 0.209. The largest absolute Gasteiger partial charge is 0.437 e. The fourth-order valence-electron chi connectivity index (χ4n) is 3.59. The van der Waals surface area contributed by atoms with Crippen molar-refractivity contribution in [2.75, 3.05) is 42.9 Å². The molecule has 1 aromatic heterocycles. The van der Waals surface area contributed by atoms with Gasteiger partial charge in [0, 0.05) is 49.7 Å². The smallest absolute Gasteiger partial charge is 0.248 e. The average Bonchev–Trinajstić information content (AvgIpc) is 3.17. The quantitative estimate of drug-likeness (QED) is 0.669. The van der Waals surface area contributed by atoms with Crippen LogP contribution in [0.3, 0.4) is 0 Å². The molecular formula is C23H26N4O2. The van der Waals surface area contributed by atoms with E-state index in [1.54, 1.807) is 6.08 Å². The number of hydrogen-bond donors (Lipinski definition) is 1. The van der Waals surface area contributed by atoms with Gasteiger partial charge in [0.15, 0.2) is 5.58 Å². The Balaban J connectivity index is 1.39. The number of nitrogens with zero attached hydrogens (tertiary/aromatic N) is 3. The van der Waals surface area contributed by atoms with Gasteiger partial charge >= 0.3 is 0 Å². The topological polar surface area (TPSA) is 61.6 Å². The number of rotatable bonds is 5. The second-order valence-corrected chi connectivity index (χ2v) is 7.26. The van der Waals surface area contributed by atoms with E-state index in [9.17, 15) is 4.79 Å². The van der Waals surface area contributed by atoms with Gasteiger partial charge in [-0.15, -0.1) is 0 Å². The zero-order valence-corrected chi connectivity index (χ0v) is 16.9. The Bertz CT molecular complexity index is 999. The highest BCUT2D eigenvalue weighted by Gasteiger charge is 2.16. The summed E-state index contributed by atoms with van der Waals surface area (Å²) < 4.78 is 5.60. The van der Waals surface area contributed by atoms with Crippen LogP contribution in [-0.4, -0.2) is 48.5 Å². The summed E-state index contributed by atoms with van der Waals surface area (Å²) >= 11 is 0. The van der Waals surface area contributed by atoms with Crippen LogP contribution in [0.15, 0.2) is 53.0 Å². The molecule has 0 unspecified atom stereocenters. The molecule has 1 saturated heterocycles. The van der Waals surface area contributed by atoms with Crippen LogP contribution < -0.4 is 10.2 Å². The Labute approximate surface area is 170 Å². The van der Waals surface area contributed by atoms with Crippen LogP contribution in [0.2, 0.25) is 0 Å². The molecule has 150 valence electrons. The van der Waals surface area contributed by atoms with Gasteiger partial charge in [-0.3, -0.25) is 4.79 Å². The summed E-state index contributed by atoms with van der Waals surface area (Å²) in [5, 5.41) is 2.94. The molecule has 29 heavy (non-hydrogen) atoms. The number of para-hydroxylation sites is 2. The monoisotopic (exact) mass is 390 g/mol. The molecule has 1 aliphatic rings.